The van der Waals surface area contributed by atoms with Gasteiger partial charge in [-0.05, 0) is 83.6 Å². The van der Waals surface area contributed by atoms with Crippen molar-refractivity contribution < 1.29 is 14.3 Å². The molecular formula is C28H40N4O3. The summed E-state index contributed by atoms with van der Waals surface area (Å²) in [6.07, 6.45) is 8.65. The summed E-state index contributed by atoms with van der Waals surface area (Å²) in [4.78, 5) is 27.8. The molecule has 0 spiro atoms. The van der Waals surface area contributed by atoms with Crippen LogP contribution in [-0.2, 0) is 4.74 Å². The zero-order valence-corrected chi connectivity index (χ0v) is 21.9. The normalized spacial score (nSPS) is 17.9. The van der Waals surface area contributed by atoms with Crippen LogP contribution in [0.2, 0.25) is 0 Å². The van der Waals surface area contributed by atoms with Crippen molar-refractivity contribution in [2.24, 2.45) is 0 Å². The third-order valence-corrected chi connectivity index (χ3v) is 7.26. The number of rotatable bonds is 4. The van der Waals surface area contributed by atoms with Crippen LogP contribution in [-0.4, -0.2) is 51.4 Å². The van der Waals surface area contributed by atoms with Crippen molar-refractivity contribution in [2.75, 3.05) is 13.1 Å². The minimum atomic E-state index is -0.514. The molecule has 7 nitrogen and oxygen atoms in total. The molecule has 1 saturated carbocycles. The van der Waals surface area contributed by atoms with Crippen LogP contribution in [0, 0.1) is 13.8 Å². The first-order valence-corrected chi connectivity index (χ1v) is 13.1. The molecule has 35 heavy (non-hydrogen) atoms. The van der Waals surface area contributed by atoms with E-state index >= 15 is 0 Å². The number of piperidine rings is 1. The molecule has 1 aromatic heterocycles. The zero-order valence-electron chi connectivity index (χ0n) is 21.9. The van der Waals surface area contributed by atoms with Gasteiger partial charge in [-0.1, -0.05) is 25.3 Å². The molecule has 1 aliphatic carbocycles. The third kappa shape index (κ3) is 6.06. The first-order valence-electron chi connectivity index (χ1n) is 13.1. The molecule has 1 saturated heterocycles. The molecular weight excluding hydrogens is 440 g/mol. The molecule has 2 aliphatic rings. The minimum Gasteiger partial charge on any atom is -0.444 e. The van der Waals surface area contributed by atoms with Gasteiger partial charge < -0.3 is 15.0 Å². The van der Waals surface area contributed by atoms with E-state index in [4.69, 9.17) is 9.84 Å². The number of hydrogen-bond donors (Lipinski definition) is 1. The minimum absolute atomic E-state index is 0.0310. The number of aromatic nitrogens is 2. The standard InChI is InChI=1S/C28H40N4O3/c1-19-11-12-23(17-20(19)2)32-25(21-13-15-31(16-14-21)27(34)35-28(3,4)5)24(18-29-32)26(33)30-22-9-7-6-8-10-22/h11-12,17-18,21-22H,6-10,13-16H2,1-5H3,(H,30,33). The average Bonchev–Trinajstić information content (AvgIpc) is 3.26. The highest BCUT2D eigenvalue weighted by molar-refractivity contribution is 5.95. The second-order valence-electron chi connectivity index (χ2n) is 11.2. The van der Waals surface area contributed by atoms with E-state index in [1.54, 1.807) is 11.1 Å². The van der Waals surface area contributed by atoms with E-state index in [1.165, 1.54) is 30.4 Å². The highest BCUT2D eigenvalue weighted by atomic mass is 16.6. The van der Waals surface area contributed by atoms with Crippen LogP contribution in [0.15, 0.2) is 24.4 Å². The van der Waals surface area contributed by atoms with E-state index in [-0.39, 0.29) is 24.0 Å². The van der Waals surface area contributed by atoms with Gasteiger partial charge in [0.2, 0.25) is 0 Å². The second kappa shape index (κ2) is 10.4. The number of aryl methyl sites for hydroxylation is 2. The van der Waals surface area contributed by atoms with Crippen LogP contribution in [0.25, 0.3) is 5.69 Å². The van der Waals surface area contributed by atoms with Crippen molar-refractivity contribution in [1.29, 1.82) is 0 Å². The Morgan fingerprint density at radius 2 is 1.69 bits per heavy atom. The van der Waals surface area contributed by atoms with E-state index in [9.17, 15) is 9.59 Å². The van der Waals surface area contributed by atoms with Crippen molar-refractivity contribution in [3.63, 3.8) is 0 Å². The topological polar surface area (TPSA) is 76.5 Å². The second-order valence-corrected chi connectivity index (χ2v) is 11.2. The highest BCUT2D eigenvalue weighted by Crippen LogP contribution is 2.33. The maximum Gasteiger partial charge on any atom is 0.410 e. The fourth-order valence-corrected chi connectivity index (χ4v) is 5.16. The van der Waals surface area contributed by atoms with E-state index in [1.807, 2.05) is 25.5 Å². The van der Waals surface area contributed by atoms with Crippen LogP contribution in [0.4, 0.5) is 4.79 Å². The largest absolute Gasteiger partial charge is 0.444 e. The smallest absolute Gasteiger partial charge is 0.410 e. The van der Waals surface area contributed by atoms with E-state index in [0.717, 1.165) is 37.1 Å². The SMILES string of the molecule is Cc1ccc(-n2ncc(C(=O)NC3CCCCC3)c2C2CCN(C(=O)OC(C)(C)C)CC2)cc1C. The third-order valence-electron chi connectivity index (χ3n) is 7.26. The van der Waals surface area contributed by atoms with Crippen LogP contribution < -0.4 is 5.32 Å². The van der Waals surface area contributed by atoms with E-state index in [2.05, 4.69) is 37.4 Å². The first kappa shape index (κ1) is 25.3. The van der Waals surface area contributed by atoms with Gasteiger partial charge in [0.1, 0.15) is 5.60 Å². The van der Waals surface area contributed by atoms with Crippen LogP contribution in [0.5, 0.6) is 0 Å². The van der Waals surface area contributed by atoms with Gasteiger partial charge in [0.15, 0.2) is 0 Å². The predicted molar refractivity (Wildman–Crippen MR) is 137 cm³/mol. The maximum absolute atomic E-state index is 13.4. The Morgan fingerprint density at radius 1 is 1.00 bits per heavy atom. The monoisotopic (exact) mass is 480 g/mol. The number of amides is 2. The van der Waals surface area contributed by atoms with Gasteiger partial charge in [0.05, 0.1) is 23.1 Å². The number of carbonyl (C=O) groups excluding carboxylic acids is 2. The number of carbonyl (C=O) groups is 2. The number of ether oxygens (including phenoxy) is 1. The molecule has 2 fully saturated rings. The summed E-state index contributed by atoms with van der Waals surface area (Å²) in [5, 5.41) is 7.98. The number of nitrogens with zero attached hydrogens (tertiary/aromatic N) is 3. The van der Waals surface area contributed by atoms with Crippen molar-refractivity contribution in [1.82, 2.24) is 20.0 Å². The average molecular weight is 481 g/mol. The summed E-state index contributed by atoms with van der Waals surface area (Å²) < 4.78 is 7.51. The molecule has 0 bridgehead atoms. The first-order chi connectivity index (χ1) is 16.6. The number of nitrogens with one attached hydrogen (secondary N) is 1. The van der Waals surface area contributed by atoms with Gasteiger partial charge in [-0.15, -0.1) is 0 Å². The van der Waals surface area contributed by atoms with E-state index in [0.29, 0.717) is 18.7 Å². The molecule has 2 heterocycles. The Labute approximate surface area is 209 Å². The van der Waals surface area contributed by atoms with Crippen molar-refractivity contribution in [3.05, 3.63) is 46.8 Å². The van der Waals surface area contributed by atoms with Crippen molar-refractivity contribution >= 4 is 12.0 Å². The van der Waals surface area contributed by atoms with Gasteiger partial charge in [-0.3, -0.25) is 4.79 Å². The molecule has 7 heteroatoms. The van der Waals surface area contributed by atoms with Gasteiger partial charge in [0.25, 0.3) is 5.91 Å². The molecule has 0 atom stereocenters. The maximum atomic E-state index is 13.4. The van der Waals surface area contributed by atoms with Gasteiger partial charge >= 0.3 is 6.09 Å². The van der Waals surface area contributed by atoms with Gasteiger partial charge in [-0.2, -0.15) is 5.10 Å². The fourth-order valence-electron chi connectivity index (χ4n) is 5.16. The zero-order chi connectivity index (χ0) is 25.2. The lowest BCUT2D eigenvalue weighted by molar-refractivity contribution is 0.0203. The summed E-state index contributed by atoms with van der Waals surface area (Å²) in [7, 11) is 0. The molecule has 190 valence electrons. The highest BCUT2D eigenvalue weighted by Gasteiger charge is 2.32. The molecule has 2 aromatic rings. The van der Waals surface area contributed by atoms with Crippen LogP contribution in [0.1, 0.15) is 98.8 Å². The summed E-state index contributed by atoms with van der Waals surface area (Å²) in [5.41, 5.74) is 4.48. The fraction of sp³-hybridized carbons (Fsp3) is 0.607. The summed E-state index contributed by atoms with van der Waals surface area (Å²) in [5.74, 6) is 0.0986. The predicted octanol–water partition coefficient (Wildman–Crippen LogP) is 5.67. The Morgan fingerprint density at radius 3 is 2.31 bits per heavy atom. The Hall–Kier alpha value is -2.83. The Balaban J connectivity index is 1.59. The van der Waals surface area contributed by atoms with Crippen LogP contribution >= 0.6 is 0 Å². The van der Waals surface area contributed by atoms with Gasteiger partial charge in [-0.25, -0.2) is 9.48 Å². The number of benzene rings is 1. The van der Waals surface area contributed by atoms with Crippen molar-refractivity contribution in [3.8, 4) is 5.69 Å². The lowest BCUT2D eigenvalue weighted by atomic mass is 9.90. The van der Waals surface area contributed by atoms with Crippen LogP contribution in [0.3, 0.4) is 0 Å². The summed E-state index contributed by atoms with van der Waals surface area (Å²) >= 11 is 0. The number of likely N-dealkylation sites (tertiary alicyclic amines) is 1. The molecule has 2 amide bonds. The Bertz CT molecular complexity index is 1050. The van der Waals surface area contributed by atoms with Crippen molar-refractivity contribution in [2.45, 2.75) is 97.1 Å². The molecule has 0 unspecified atom stereocenters. The van der Waals surface area contributed by atoms with Gasteiger partial charge in [0, 0.05) is 25.0 Å². The molecule has 4 rings (SSSR count). The lowest BCUT2D eigenvalue weighted by Crippen LogP contribution is -2.42. The summed E-state index contributed by atoms with van der Waals surface area (Å²) in [6.45, 7) is 11.0. The van der Waals surface area contributed by atoms with E-state index < -0.39 is 5.60 Å². The summed E-state index contributed by atoms with van der Waals surface area (Å²) in [6, 6.07) is 6.54. The number of hydrogen-bond acceptors (Lipinski definition) is 4. The molecule has 1 aromatic carbocycles. The molecule has 1 N–H and O–H groups in total. The molecule has 0 radical (unpaired) electrons. The lowest BCUT2D eigenvalue weighted by Gasteiger charge is -2.34. The quantitative estimate of drug-likeness (QED) is 0.612. The molecule has 1 aliphatic heterocycles. The Kier molecular flexibility index (Phi) is 7.53.